The number of hydrogen-bond donors (Lipinski definition) is 3. The van der Waals surface area contributed by atoms with Gasteiger partial charge in [-0.2, -0.15) is 0 Å². The van der Waals surface area contributed by atoms with Crippen LogP contribution in [0.25, 0.3) is 0 Å². The minimum Gasteiger partial charge on any atom is -0.493 e. The van der Waals surface area contributed by atoms with Crippen LogP contribution in [0, 0.1) is 10.2 Å². The van der Waals surface area contributed by atoms with Crippen LogP contribution in [-0.2, 0) is 4.79 Å². The molecule has 0 spiro atoms. The lowest BCUT2D eigenvalue weighted by atomic mass is 9.69. The summed E-state index contributed by atoms with van der Waals surface area (Å²) in [6.07, 6.45) is 1.10. The number of anilines is 1. The van der Waals surface area contributed by atoms with E-state index in [2.05, 4.69) is 29.1 Å². The fourth-order valence-electron chi connectivity index (χ4n) is 4.49. The van der Waals surface area contributed by atoms with Crippen molar-refractivity contribution in [3.8, 4) is 11.5 Å². The van der Waals surface area contributed by atoms with Crippen LogP contribution >= 0.6 is 12.2 Å². The molecule has 31 heavy (non-hydrogen) atoms. The molecule has 1 aromatic heterocycles. The van der Waals surface area contributed by atoms with Crippen molar-refractivity contribution < 1.29 is 14.3 Å². The molecular formula is C23H27N3O4S. The first-order valence-corrected chi connectivity index (χ1v) is 10.7. The number of Topliss-reactive ketones (excluding diaryl/α,β-unsaturated/α-hetero) is 1. The van der Waals surface area contributed by atoms with Gasteiger partial charge in [0.25, 0.3) is 5.56 Å². The van der Waals surface area contributed by atoms with E-state index in [-0.39, 0.29) is 27.6 Å². The largest absolute Gasteiger partial charge is 0.493 e. The maximum atomic E-state index is 13.3. The molecule has 2 heterocycles. The van der Waals surface area contributed by atoms with E-state index in [1.807, 2.05) is 32.0 Å². The lowest BCUT2D eigenvalue weighted by Crippen LogP contribution is -2.36. The molecule has 0 amide bonds. The van der Waals surface area contributed by atoms with E-state index in [9.17, 15) is 9.59 Å². The third-order valence-corrected chi connectivity index (χ3v) is 5.84. The van der Waals surface area contributed by atoms with Crippen molar-refractivity contribution in [1.29, 1.82) is 0 Å². The highest BCUT2D eigenvalue weighted by molar-refractivity contribution is 7.71. The predicted octanol–water partition coefficient (Wildman–Crippen LogP) is 4.43. The number of aromatic nitrogens is 2. The third-order valence-electron chi connectivity index (χ3n) is 5.64. The summed E-state index contributed by atoms with van der Waals surface area (Å²) in [5.41, 5.74) is 2.20. The van der Waals surface area contributed by atoms with Gasteiger partial charge in [0.2, 0.25) is 0 Å². The molecule has 2 aromatic rings. The summed E-state index contributed by atoms with van der Waals surface area (Å²) in [5, 5.41) is 3.29. The van der Waals surface area contributed by atoms with E-state index in [4.69, 9.17) is 21.7 Å². The summed E-state index contributed by atoms with van der Waals surface area (Å²) in [7, 11) is 1.58. The number of nitrogens with one attached hydrogen (secondary N) is 3. The summed E-state index contributed by atoms with van der Waals surface area (Å²) < 4.78 is 11.6. The Kier molecular flexibility index (Phi) is 5.29. The van der Waals surface area contributed by atoms with Crippen molar-refractivity contribution in [3.05, 3.63) is 55.7 Å². The van der Waals surface area contributed by atoms with Crippen LogP contribution in [0.3, 0.4) is 0 Å². The number of aromatic amines is 2. The van der Waals surface area contributed by atoms with Gasteiger partial charge >= 0.3 is 0 Å². The van der Waals surface area contributed by atoms with E-state index >= 15 is 0 Å². The zero-order valence-electron chi connectivity index (χ0n) is 18.3. The highest BCUT2D eigenvalue weighted by atomic mass is 32.1. The van der Waals surface area contributed by atoms with Gasteiger partial charge < -0.3 is 19.8 Å². The molecule has 0 unspecified atom stereocenters. The number of carbonyl (C=O) groups excluding carboxylic acids is 1. The molecule has 3 N–H and O–H groups in total. The molecule has 7 nitrogen and oxygen atoms in total. The van der Waals surface area contributed by atoms with Gasteiger partial charge in [-0.25, -0.2) is 0 Å². The molecular weight excluding hydrogens is 414 g/mol. The summed E-state index contributed by atoms with van der Waals surface area (Å²) >= 11 is 5.18. The molecule has 1 aliphatic heterocycles. The first-order chi connectivity index (χ1) is 14.6. The Morgan fingerprint density at radius 1 is 1.13 bits per heavy atom. The molecule has 0 fully saturated rings. The van der Waals surface area contributed by atoms with Gasteiger partial charge in [-0.1, -0.05) is 19.9 Å². The molecule has 1 aliphatic carbocycles. The zero-order chi connectivity index (χ0) is 22.5. The van der Waals surface area contributed by atoms with Gasteiger partial charge in [0.15, 0.2) is 22.1 Å². The summed E-state index contributed by atoms with van der Waals surface area (Å²) in [6, 6.07) is 5.56. The Hall–Kier alpha value is -2.87. The van der Waals surface area contributed by atoms with Gasteiger partial charge in [0.05, 0.1) is 18.8 Å². The molecule has 0 bridgehead atoms. The second-order valence-corrected chi connectivity index (χ2v) is 9.57. The summed E-state index contributed by atoms with van der Waals surface area (Å²) in [5.74, 6) is 1.20. The molecule has 0 saturated carbocycles. The average Bonchev–Trinajstić information content (AvgIpc) is 2.65. The van der Waals surface area contributed by atoms with Crippen LogP contribution in [0.15, 0.2) is 34.3 Å². The van der Waals surface area contributed by atoms with Crippen molar-refractivity contribution in [1.82, 2.24) is 9.97 Å². The standard InChI is InChI=1S/C23H27N3O4S/c1-11(2)30-15-7-6-12(8-16(15)29-5)17-18-13(9-23(3,4)10-14(18)27)24-20-19(17)21(28)26-22(31)25-20/h6-8,11,17H,9-10H2,1-5H3,(H3,24,25,26,28,31)/t17-/m0/s1. The maximum absolute atomic E-state index is 13.3. The Morgan fingerprint density at radius 2 is 1.87 bits per heavy atom. The molecule has 0 radical (unpaired) electrons. The SMILES string of the molecule is COc1cc([C@H]2C3=C(CC(C)(C)CC3=O)Nc3[nH]c(=S)[nH]c(=O)c32)ccc1OC(C)C. The van der Waals surface area contributed by atoms with Crippen LogP contribution in [-0.4, -0.2) is 29.0 Å². The lowest BCUT2D eigenvalue weighted by molar-refractivity contribution is -0.118. The molecule has 2 aliphatic rings. The highest BCUT2D eigenvalue weighted by Crippen LogP contribution is 2.48. The Morgan fingerprint density at radius 3 is 2.55 bits per heavy atom. The van der Waals surface area contributed by atoms with E-state index in [0.717, 1.165) is 11.3 Å². The second-order valence-electron chi connectivity index (χ2n) is 9.17. The zero-order valence-corrected chi connectivity index (χ0v) is 19.2. The molecule has 164 valence electrons. The number of hydrogen-bond acceptors (Lipinski definition) is 6. The van der Waals surface area contributed by atoms with Crippen molar-refractivity contribution in [3.63, 3.8) is 0 Å². The van der Waals surface area contributed by atoms with Gasteiger partial charge in [-0.05, 0) is 55.6 Å². The first-order valence-electron chi connectivity index (χ1n) is 10.3. The van der Waals surface area contributed by atoms with Gasteiger partial charge in [-0.15, -0.1) is 0 Å². The van der Waals surface area contributed by atoms with E-state index in [0.29, 0.717) is 41.3 Å². The monoisotopic (exact) mass is 441 g/mol. The fraction of sp³-hybridized carbons (Fsp3) is 0.435. The van der Waals surface area contributed by atoms with Crippen LogP contribution in [0.4, 0.5) is 5.82 Å². The number of methoxy groups -OCH3 is 1. The van der Waals surface area contributed by atoms with Crippen LogP contribution in [0.1, 0.15) is 57.6 Å². The van der Waals surface area contributed by atoms with Gasteiger partial charge in [0.1, 0.15) is 5.82 Å². The summed E-state index contributed by atoms with van der Waals surface area (Å²) in [6.45, 7) is 8.03. The third kappa shape index (κ3) is 3.92. The number of rotatable bonds is 4. The molecule has 0 saturated heterocycles. The minimum absolute atomic E-state index is 0.0151. The van der Waals surface area contributed by atoms with Crippen molar-refractivity contribution >= 4 is 23.8 Å². The molecule has 4 rings (SSSR count). The highest BCUT2D eigenvalue weighted by Gasteiger charge is 2.42. The Balaban J connectivity index is 1.95. The molecule has 1 atom stereocenters. The number of ketones is 1. The van der Waals surface area contributed by atoms with Gasteiger partial charge in [-0.3, -0.25) is 14.6 Å². The topological polar surface area (TPSA) is 96.2 Å². The number of fused-ring (bicyclic) bond motifs is 1. The predicted molar refractivity (Wildman–Crippen MR) is 122 cm³/mol. The minimum atomic E-state index is -0.535. The number of benzene rings is 1. The smallest absolute Gasteiger partial charge is 0.257 e. The quantitative estimate of drug-likeness (QED) is 0.608. The maximum Gasteiger partial charge on any atom is 0.257 e. The number of carbonyl (C=O) groups is 1. The van der Waals surface area contributed by atoms with Crippen LogP contribution in [0.2, 0.25) is 0 Å². The Labute approximate surface area is 185 Å². The molecule has 1 aromatic carbocycles. The fourth-order valence-corrected chi connectivity index (χ4v) is 4.69. The molecule has 8 heteroatoms. The number of allylic oxidation sites excluding steroid dienone is 2. The van der Waals surface area contributed by atoms with Gasteiger partial charge in [0, 0.05) is 23.6 Å². The average molecular weight is 442 g/mol. The van der Waals surface area contributed by atoms with E-state index < -0.39 is 5.92 Å². The lowest BCUT2D eigenvalue weighted by Gasteiger charge is -2.38. The van der Waals surface area contributed by atoms with Crippen molar-refractivity contribution in [2.45, 2.75) is 52.6 Å². The van der Waals surface area contributed by atoms with Crippen molar-refractivity contribution in [2.75, 3.05) is 12.4 Å². The second kappa shape index (κ2) is 7.67. The summed E-state index contributed by atoms with van der Waals surface area (Å²) in [4.78, 5) is 32.0. The first kappa shape index (κ1) is 21.4. The number of ether oxygens (including phenoxy) is 2. The Bertz CT molecular complexity index is 1210. The number of H-pyrrole nitrogens is 2. The normalized spacial score (nSPS) is 19.5. The van der Waals surface area contributed by atoms with E-state index in [1.165, 1.54) is 0 Å². The van der Waals surface area contributed by atoms with Crippen LogP contribution < -0.4 is 20.3 Å². The van der Waals surface area contributed by atoms with Crippen LogP contribution in [0.5, 0.6) is 11.5 Å². The van der Waals surface area contributed by atoms with Crippen molar-refractivity contribution in [2.24, 2.45) is 5.41 Å². The van der Waals surface area contributed by atoms with E-state index in [1.54, 1.807) is 7.11 Å².